The Hall–Kier alpha value is -1.46. The fourth-order valence-corrected chi connectivity index (χ4v) is 2.25. The zero-order valence-electron chi connectivity index (χ0n) is 10.6. The lowest BCUT2D eigenvalue weighted by Gasteiger charge is -2.27. The number of piperazine rings is 1. The lowest BCUT2D eigenvalue weighted by Crippen LogP contribution is -2.46. The molecule has 2 heterocycles. The van der Waals surface area contributed by atoms with Crippen LogP contribution in [0.25, 0.3) is 0 Å². The SMILES string of the molecule is Cl.O=C(Cc1ccc2c(c1)OCO2)N1CCNCC1. The first kappa shape index (κ1) is 14.0. The fourth-order valence-electron chi connectivity index (χ4n) is 2.25. The first-order chi connectivity index (χ1) is 8.83. The minimum atomic E-state index is 0. The van der Waals surface area contributed by atoms with E-state index in [0.29, 0.717) is 6.42 Å². The maximum absolute atomic E-state index is 12.1. The molecule has 19 heavy (non-hydrogen) atoms. The normalized spacial score (nSPS) is 16.9. The minimum absolute atomic E-state index is 0. The van der Waals surface area contributed by atoms with Crippen LogP contribution in [0, 0.1) is 0 Å². The number of nitrogens with one attached hydrogen (secondary N) is 1. The number of ether oxygens (including phenoxy) is 2. The zero-order chi connectivity index (χ0) is 12.4. The number of rotatable bonds is 2. The molecule has 0 unspecified atom stereocenters. The van der Waals surface area contributed by atoms with Gasteiger partial charge < -0.3 is 19.7 Å². The molecule has 0 radical (unpaired) electrons. The van der Waals surface area contributed by atoms with E-state index in [1.165, 1.54) is 0 Å². The largest absolute Gasteiger partial charge is 0.454 e. The van der Waals surface area contributed by atoms with Crippen LogP contribution >= 0.6 is 12.4 Å². The molecule has 104 valence electrons. The predicted molar refractivity (Wildman–Crippen MR) is 73.0 cm³/mol. The molecule has 1 amide bonds. The summed E-state index contributed by atoms with van der Waals surface area (Å²) in [4.78, 5) is 14.0. The van der Waals surface area contributed by atoms with Gasteiger partial charge in [0.2, 0.25) is 12.7 Å². The molecule has 1 aromatic carbocycles. The van der Waals surface area contributed by atoms with Crippen LogP contribution in [0.5, 0.6) is 11.5 Å². The molecular weight excluding hydrogens is 268 g/mol. The molecule has 1 fully saturated rings. The van der Waals surface area contributed by atoms with Crippen molar-refractivity contribution in [3.63, 3.8) is 0 Å². The van der Waals surface area contributed by atoms with E-state index in [0.717, 1.165) is 43.2 Å². The molecule has 2 aliphatic heterocycles. The molecule has 1 saturated heterocycles. The Kier molecular flexibility index (Phi) is 4.50. The van der Waals surface area contributed by atoms with E-state index in [-0.39, 0.29) is 25.1 Å². The summed E-state index contributed by atoms with van der Waals surface area (Å²) in [5.41, 5.74) is 0.975. The molecule has 6 heteroatoms. The van der Waals surface area contributed by atoms with E-state index >= 15 is 0 Å². The van der Waals surface area contributed by atoms with E-state index in [4.69, 9.17) is 9.47 Å². The number of nitrogens with zero attached hydrogens (tertiary/aromatic N) is 1. The summed E-state index contributed by atoms with van der Waals surface area (Å²) in [5.74, 6) is 1.67. The summed E-state index contributed by atoms with van der Waals surface area (Å²) < 4.78 is 10.6. The third-order valence-corrected chi connectivity index (χ3v) is 3.26. The Morgan fingerprint density at radius 1 is 1.21 bits per heavy atom. The zero-order valence-corrected chi connectivity index (χ0v) is 11.4. The topological polar surface area (TPSA) is 50.8 Å². The highest BCUT2D eigenvalue weighted by Gasteiger charge is 2.18. The molecule has 0 atom stereocenters. The van der Waals surface area contributed by atoms with Gasteiger partial charge in [0.25, 0.3) is 0 Å². The highest BCUT2D eigenvalue weighted by atomic mass is 35.5. The van der Waals surface area contributed by atoms with Crippen molar-refractivity contribution < 1.29 is 14.3 Å². The monoisotopic (exact) mass is 284 g/mol. The second-order valence-corrected chi connectivity index (χ2v) is 4.50. The molecule has 0 aromatic heterocycles. The van der Waals surface area contributed by atoms with Crippen LogP contribution in [0.3, 0.4) is 0 Å². The van der Waals surface area contributed by atoms with Gasteiger partial charge in [0, 0.05) is 26.2 Å². The molecular formula is C13H17ClN2O3. The van der Waals surface area contributed by atoms with Crippen molar-refractivity contribution in [1.82, 2.24) is 10.2 Å². The van der Waals surface area contributed by atoms with Crippen molar-refractivity contribution in [2.45, 2.75) is 6.42 Å². The highest BCUT2D eigenvalue weighted by Crippen LogP contribution is 2.32. The average molecular weight is 285 g/mol. The van der Waals surface area contributed by atoms with Crippen LogP contribution in [0.15, 0.2) is 18.2 Å². The van der Waals surface area contributed by atoms with Gasteiger partial charge in [0.15, 0.2) is 11.5 Å². The summed E-state index contributed by atoms with van der Waals surface area (Å²) in [7, 11) is 0. The molecule has 0 saturated carbocycles. The van der Waals surface area contributed by atoms with Gasteiger partial charge in [-0.2, -0.15) is 0 Å². The number of halogens is 1. The lowest BCUT2D eigenvalue weighted by atomic mass is 10.1. The van der Waals surface area contributed by atoms with Crippen LogP contribution in [0.1, 0.15) is 5.56 Å². The first-order valence-electron chi connectivity index (χ1n) is 6.20. The average Bonchev–Trinajstić information content (AvgIpc) is 2.87. The second-order valence-electron chi connectivity index (χ2n) is 4.50. The van der Waals surface area contributed by atoms with E-state index in [1.54, 1.807) is 0 Å². The standard InChI is InChI=1S/C13H16N2O3.ClH/c16-13(15-5-3-14-4-6-15)8-10-1-2-11-12(7-10)18-9-17-11;/h1-2,7,14H,3-6,8-9H2;1H. The van der Waals surface area contributed by atoms with Crippen LogP contribution in [0.2, 0.25) is 0 Å². The maximum atomic E-state index is 12.1. The molecule has 2 aliphatic rings. The van der Waals surface area contributed by atoms with Crippen LogP contribution in [0.4, 0.5) is 0 Å². The minimum Gasteiger partial charge on any atom is -0.454 e. The Labute approximate surface area is 118 Å². The Morgan fingerprint density at radius 3 is 2.74 bits per heavy atom. The number of amides is 1. The van der Waals surface area contributed by atoms with E-state index in [1.807, 2.05) is 23.1 Å². The van der Waals surface area contributed by atoms with Crippen LogP contribution in [-0.4, -0.2) is 43.8 Å². The van der Waals surface area contributed by atoms with Crippen molar-refractivity contribution in [3.8, 4) is 11.5 Å². The van der Waals surface area contributed by atoms with Crippen LogP contribution < -0.4 is 14.8 Å². The molecule has 1 N–H and O–H groups in total. The summed E-state index contributed by atoms with van der Waals surface area (Å²) in [5, 5.41) is 3.24. The molecule has 0 aliphatic carbocycles. The Balaban J connectivity index is 0.00000133. The molecule has 0 spiro atoms. The Morgan fingerprint density at radius 2 is 1.95 bits per heavy atom. The number of hydrogen-bond acceptors (Lipinski definition) is 4. The van der Waals surface area contributed by atoms with Crippen molar-refractivity contribution >= 4 is 18.3 Å². The Bertz CT molecular complexity index is 461. The first-order valence-corrected chi connectivity index (χ1v) is 6.20. The predicted octanol–water partition coefficient (Wildman–Crippen LogP) is 0.811. The number of hydrogen-bond donors (Lipinski definition) is 1. The van der Waals surface area contributed by atoms with Crippen molar-refractivity contribution in [3.05, 3.63) is 23.8 Å². The second kappa shape index (κ2) is 6.12. The van der Waals surface area contributed by atoms with Crippen molar-refractivity contribution in [2.75, 3.05) is 33.0 Å². The van der Waals surface area contributed by atoms with Gasteiger partial charge >= 0.3 is 0 Å². The van der Waals surface area contributed by atoms with Gasteiger partial charge in [-0.1, -0.05) is 6.07 Å². The van der Waals surface area contributed by atoms with E-state index in [9.17, 15) is 4.79 Å². The lowest BCUT2D eigenvalue weighted by molar-refractivity contribution is -0.131. The smallest absolute Gasteiger partial charge is 0.231 e. The third kappa shape index (κ3) is 3.11. The number of carbonyl (C=O) groups excluding carboxylic acids is 1. The molecule has 5 nitrogen and oxygen atoms in total. The fraction of sp³-hybridized carbons (Fsp3) is 0.462. The van der Waals surface area contributed by atoms with E-state index in [2.05, 4.69) is 5.32 Å². The summed E-state index contributed by atoms with van der Waals surface area (Å²) >= 11 is 0. The summed E-state index contributed by atoms with van der Waals surface area (Å²) in [6.07, 6.45) is 0.427. The number of carbonyl (C=O) groups is 1. The summed E-state index contributed by atoms with van der Waals surface area (Å²) in [6.45, 7) is 3.62. The van der Waals surface area contributed by atoms with Gasteiger partial charge in [-0.3, -0.25) is 4.79 Å². The van der Waals surface area contributed by atoms with Gasteiger partial charge in [-0.25, -0.2) is 0 Å². The van der Waals surface area contributed by atoms with Gasteiger partial charge in [0.05, 0.1) is 6.42 Å². The molecule has 1 aromatic rings. The van der Waals surface area contributed by atoms with Gasteiger partial charge in [-0.15, -0.1) is 12.4 Å². The van der Waals surface area contributed by atoms with Crippen molar-refractivity contribution in [2.24, 2.45) is 0 Å². The number of benzene rings is 1. The van der Waals surface area contributed by atoms with Crippen molar-refractivity contribution in [1.29, 1.82) is 0 Å². The molecule has 3 rings (SSSR count). The van der Waals surface area contributed by atoms with Gasteiger partial charge in [-0.05, 0) is 17.7 Å². The van der Waals surface area contributed by atoms with Gasteiger partial charge in [0.1, 0.15) is 0 Å². The third-order valence-electron chi connectivity index (χ3n) is 3.26. The van der Waals surface area contributed by atoms with Crippen LogP contribution in [-0.2, 0) is 11.2 Å². The number of fused-ring (bicyclic) bond motifs is 1. The quantitative estimate of drug-likeness (QED) is 0.873. The summed E-state index contributed by atoms with van der Waals surface area (Å²) in [6, 6.07) is 5.68. The highest BCUT2D eigenvalue weighted by molar-refractivity contribution is 5.85. The molecule has 0 bridgehead atoms. The van der Waals surface area contributed by atoms with E-state index < -0.39 is 0 Å². The maximum Gasteiger partial charge on any atom is 0.231 e.